The lowest BCUT2D eigenvalue weighted by Crippen LogP contribution is -2.05. The normalized spacial score (nSPS) is 12.0. The Hall–Kier alpha value is -3.76. The van der Waals surface area contributed by atoms with Crippen molar-refractivity contribution in [3.05, 3.63) is 130 Å². The van der Waals surface area contributed by atoms with Crippen LogP contribution in [-0.2, 0) is 29.9 Å². The van der Waals surface area contributed by atoms with Gasteiger partial charge in [-0.1, -0.05) is 48.5 Å². The van der Waals surface area contributed by atoms with E-state index in [1.54, 1.807) is 24.4 Å². The predicted octanol–water partition coefficient (Wildman–Crippen LogP) is 8.71. The van der Waals surface area contributed by atoms with Crippen molar-refractivity contribution >= 4 is 18.7 Å². The zero-order valence-electron chi connectivity index (χ0n) is 22.7. The molecule has 0 aliphatic heterocycles. The number of pyridine rings is 2. The zero-order valence-corrected chi connectivity index (χ0v) is 23.6. The Morgan fingerprint density at radius 1 is 0.738 bits per heavy atom. The van der Waals surface area contributed by atoms with Gasteiger partial charge in [0.05, 0.1) is 22.9 Å². The highest BCUT2D eigenvalue weighted by molar-refractivity contribution is 5.85. The van der Waals surface area contributed by atoms with Gasteiger partial charge in [-0.3, -0.25) is 14.8 Å². The van der Waals surface area contributed by atoms with E-state index >= 15 is 0 Å². The number of aromatic nitrogens is 2. The Balaban J connectivity index is 0.000000289. The highest BCUT2D eigenvalue weighted by atomic mass is 35.5. The van der Waals surface area contributed by atoms with Gasteiger partial charge >= 0.3 is 12.4 Å². The van der Waals surface area contributed by atoms with Gasteiger partial charge in [0.1, 0.15) is 5.69 Å². The molecule has 224 valence electrons. The van der Waals surface area contributed by atoms with Crippen molar-refractivity contribution in [2.75, 3.05) is 6.61 Å². The summed E-state index contributed by atoms with van der Waals surface area (Å²) in [6.45, 7) is 4.44. The molecule has 11 heteroatoms. The Morgan fingerprint density at radius 3 is 1.62 bits per heavy atom. The molecule has 2 heterocycles. The fraction of sp³-hybridized carbons (Fsp3) is 0.258. The summed E-state index contributed by atoms with van der Waals surface area (Å²) in [4.78, 5) is 18.6. The van der Waals surface area contributed by atoms with Gasteiger partial charge in [-0.15, -0.1) is 12.4 Å². The van der Waals surface area contributed by atoms with Crippen LogP contribution in [0.3, 0.4) is 0 Å². The van der Waals surface area contributed by atoms with Crippen molar-refractivity contribution in [3.8, 4) is 0 Å². The van der Waals surface area contributed by atoms with Gasteiger partial charge in [0.25, 0.3) is 0 Å². The van der Waals surface area contributed by atoms with Crippen LogP contribution in [0.15, 0.2) is 85.2 Å². The van der Waals surface area contributed by atoms with Crippen molar-refractivity contribution in [1.82, 2.24) is 9.97 Å². The number of hydrogen-bond acceptors (Lipinski definition) is 4. The average molecular weight is 611 g/mol. The highest BCUT2D eigenvalue weighted by Crippen LogP contribution is 2.31. The van der Waals surface area contributed by atoms with Gasteiger partial charge in [-0.2, -0.15) is 26.3 Å². The molecule has 0 amide bonds. The Kier molecular flexibility index (Phi) is 12.7. The second kappa shape index (κ2) is 15.5. The summed E-state index contributed by atoms with van der Waals surface area (Å²) in [5.41, 5.74) is 2.61. The number of carbonyl (C=O) groups is 1. The molecule has 0 fully saturated rings. The first-order chi connectivity index (χ1) is 19.4. The molecule has 4 rings (SSSR count). The van der Waals surface area contributed by atoms with Gasteiger partial charge < -0.3 is 4.74 Å². The van der Waals surface area contributed by atoms with Gasteiger partial charge in [0.2, 0.25) is 0 Å². The topological polar surface area (TPSA) is 52.1 Å². The third-order valence-corrected chi connectivity index (χ3v) is 5.97. The summed E-state index contributed by atoms with van der Waals surface area (Å²) in [6, 6.07) is 17.5. The molecule has 0 aliphatic rings. The molecule has 0 saturated heterocycles. The number of aldehydes is 1. The van der Waals surface area contributed by atoms with Gasteiger partial charge in [-0.25, -0.2) is 0 Å². The van der Waals surface area contributed by atoms with E-state index in [9.17, 15) is 31.1 Å². The first-order valence-electron chi connectivity index (χ1n) is 12.7. The van der Waals surface area contributed by atoms with Crippen LogP contribution in [0.2, 0.25) is 0 Å². The first-order valence-corrected chi connectivity index (χ1v) is 12.7. The number of rotatable bonds is 8. The van der Waals surface area contributed by atoms with Crippen LogP contribution in [0.25, 0.3) is 0 Å². The minimum absolute atomic E-state index is 0. The maximum absolute atomic E-state index is 12.7. The van der Waals surface area contributed by atoms with Crippen LogP contribution in [-0.4, -0.2) is 22.9 Å². The minimum atomic E-state index is -4.34. The minimum Gasteiger partial charge on any atom is -0.373 e. The highest BCUT2D eigenvalue weighted by Gasteiger charge is 2.31. The van der Waals surface area contributed by atoms with Crippen LogP contribution in [0.1, 0.15) is 69.5 Å². The number of alkyl halides is 6. The molecule has 2 aromatic carbocycles. The maximum Gasteiger partial charge on any atom is 0.416 e. The molecule has 42 heavy (non-hydrogen) atoms. The van der Waals surface area contributed by atoms with E-state index in [0.717, 1.165) is 35.0 Å². The average Bonchev–Trinajstić information content (AvgIpc) is 2.94. The fourth-order valence-electron chi connectivity index (χ4n) is 3.91. The van der Waals surface area contributed by atoms with E-state index in [1.807, 2.05) is 26.0 Å². The van der Waals surface area contributed by atoms with E-state index in [2.05, 4.69) is 9.97 Å². The summed E-state index contributed by atoms with van der Waals surface area (Å²) in [5, 5.41) is 0. The fourth-order valence-corrected chi connectivity index (χ4v) is 3.91. The third kappa shape index (κ3) is 10.6. The van der Waals surface area contributed by atoms with Gasteiger partial charge in [0, 0.05) is 19.0 Å². The molecule has 0 N–H and O–H groups in total. The summed E-state index contributed by atoms with van der Waals surface area (Å²) in [7, 11) is 0. The van der Waals surface area contributed by atoms with Crippen molar-refractivity contribution in [3.63, 3.8) is 0 Å². The molecular weight excluding hydrogens is 582 g/mol. The van der Waals surface area contributed by atoms with Crippen LogP contribution >= 0.6 is 12.4 Å². The number of carbonyl (C=O) groups excluding carboxylic acids is 1. The molecule has 0 spiro atoms. The third-order valence-electron chi connectivity index (χ3n) is 5.97. The van der Waals surface area contributed by atoms with E-state index in [-0.39, 0.29) is 18.5 Å². The summed E-state index contributed by atoms with van der Waals surface area (Å²) < 4.78 is 81.2. The van der Waals surface area contributed by atoms with Crippen LogP contribution in [0.5, 0.6) is 0 Å². The lowest BCUT2D eigenvalue weighted by Gasteiger charge is -2.12. The smallest absolute Gasteiger partial charge is 0.373 e. The van der Waals surface area contributed by atoms with E-state index < -0.39 is 23.5 Å². The molecule has 1 atom stereocenters. The Labute approximate surface area is 246 Å². The number of benzene rings is 2. The summed E-state index contributed by atoms with van der Waals surface area (Å²) in [6.07, 6.45) is -4.19. The molecule has 0 saturated carbocycles. The Bertz CT molecular complexity index is 1410. The van der Waals surface area contributed by atoms with Crippen LogP contribution in [0.4, 0.5) is 26.3 Å². The summed E-state index contributed by atoms with van der Waals surface area (Å²) >= 11 is 0. The lowest BCUT2D eigenvalue weighted by molar-refractivity contribution is -0.138. The molecule has 4 aromatic rings. The van der Waals surface area contributed by atoms with Gasteiger partial charge in [-0.05, 0) is 73.2 Å². The lowest BCUT2D eigenvalue weighted by atomic mass is 10.0. The molecular formula is C31H29ClF6N2O2. The second-order valence-electron chi connectivity index (χ2n) is 9.15. The van der Waals surface area contributed by atoms with E-state index in [4.69, 9.17) is 4.74 Å². The summed E-state index contributed by atoms with van der Waals surface area (Å²) in [5.74, 6) is 0. The van der Waals surface area contributed by atoms with Crippen molar-refractivity contribution in [2.45, 2.75) is 45.1 Å². The maximum atomic E-state index is 12.7. The molecule has 4 nitrogen and oxygen atoms in total. The predicted molar refractivity (Wildman–Crippen MR) is 150 cm³/mol. The largest absolute Gasteiger partial charge is 0.416 e. The molecule has 2 aromatic heterocycles. The van der Waals surface area contributed by atoms with Crippen molar-refractivity contribution < 1.29 is 35.9 Å². The molecule has 0 bridgehead atoms. The number of ether oxygens (including phenoxy) is 1. The molecule has 0 aliphatic carbocycles. The van der Waals surface area contributed by atoms with Crippen molar-refractivity contribution in [2.24, 2.45) is 0 Å². The SMILES string of the molecule is CCOC(C)c1ccc(Cc2cccc(C(F)(F)F)c2)cn1.Cl.O=Cc1ccc(Cc2cccc(C(F)(F)F)c2)cn1. The van der Waals surface area contributed by atoms with Crippen LogP contribution < -0.4 is 0 Å². The first kappa shape index (κ1) is 34.4. The molecule has 1 unspecified atom stereocenters. The van der Waals surface area contributed by atoms with E-state index in [1.165, 1.54) is 30.5 Å². The second-order valence-corrected chi connectivity index (χ2v) is 9.15. The Morgan fingerprint density at radius 2 is 1.24 bits per heavy atom. The van der Waals surface area contributed by atoms with Crippen LogP contribution in [0, 0.1) is 0 Å². The number of halogens is 7. The van der Waals surface area contributed by atoms with Crippen molar-refractivity contribution in [1.29, 1.82) is 0 Å². The zero-order chi connectivity index (χ0) is 30.0. The van der Waals surface area contributed by atoms with Gasteiger partial charge in [0.15, 0.2) is 6.29 Å². The molecule has 0 radical (unpaired) electrons. The number of nitrogens with zero attached hydrogens (tertiary/aromatic N) is 2. The quantitative estimate of drug-likeness (QED) is 0.148. The monoisotopic (exact) mass is 610 g/mol. The standard InChI is InChI=1S/C17H18F3NO.C14H10F3NO.ClH/c1-3-22-12(2)16-8-7-14(11-21-16)9-13-5-4-6-15(10-13)17(18,19)20;15-14(16,17)12-3-1-2-10(7-12)6-11-4-5-13(9-19)18-8-11;/h4-8,10-12H,3,9H2,1-2H3;1-5,7-9H,6H2;1H. The number of hydrogen-bond donors (Lipinski definition) is 0. The van der Waals surface area contributed by atoms with E-state index in [0.29, 0.717) is 42.6 Å².